The van der Waals surface area contributed by atoms with Crippen LogP contribution in [-0.4, -0.2) is 34.2 Å². The van der Waals surface area contributed by atoms with Crippen molar-refractivity contribution in [2.75, 3.05) is 19.8 Å². The van der Waals surface area contributed by atoms with Gasteiger partial charge in [0.25, 0.3) is 0 Å². The van der Waals surface area contributed by atoms with E-state index in [1.165, 1.54) is 25.5 Å². The number of rotatable bonds is 9. The van der Waals surface area contributed by atoms with Crippen LogP contribution in [0.3, 0.4) is 0 Å². The summed E-state index contributed by atoms with van der Waals surface area (Å²) in [4.78, 5) is 4.20. The van der Waals surface area contributed by atoms with Crippen LogP contribution in [0.1, 0.15) is 43.7 Å². The van der Waals surface area contributed by atoms with Crippen LogP contribution in [0.5, 0.6) is 0 Å². The second-order valence-corrected chi connectivity index (χ2v) is 7.94. The van der Waals surface area contributed by atoms with E-state index in [9.17, 15) is 8.42 Å². The summed E-state index contributed by atoms with van der Waals surface area (Å²) in [5.74, 6) is 0.878. The molecule has 0 saturated carbocycles. The molecule has 0 aliphatic heterocycles. The standard InChI is InChI=1S/C17H29N3O2S.HI/c1-4-5-6-7-12-19-17(18-2)20-13-15-8-10-16(11-9-15)14-23(3,21)22;/h8-11H,4-7,12-14H2,1-3H3,(H2,18,19,20);1H. The van der Waals surface area contributed by atoms with Crippen molar-refractivity contribution in [2.24, 2.45) is 4.99 Å². The van der Waals surface area contributed by atoms with Crippen LogP contribution in [0.2, 0.25) is 0 Å². The fourth-order valence-corrected chi connectivity index (χ4v) is 3.02. The summed E-state index contributed by atoms with van der Waals surface area (Å²) < 4.78 is 22.5. The zero-order valence-electron chi connectivity index (χ0n) is 14.8. The van der Waals surface area contributed by atoms with E-state index in [0.717, 1.165) is 30.1 Å². The molecular weight excluding hydrogens is 437 g/mol. The molecule has 0 fully saturated rings. The Labute approximate surface area is 163 Å². The molecule has 0 aliphatic carbocycles. The van der Waals surface area contributed by atoms with E-state index in [1.807, 2.05) is 24.3 Å². The van der Waals surface area contributed by atoms with Crippen LogP contribution in [0, 0.1) is 0 Å². The van der Waals surface area contributed by atoms with Crippen molar-refractivity contribution in [3.63, 3.8) is 0 Å². The molecule has 0 radical (unpaired) electrons. The fraction of sp³-hybridized carbons (Fsp3) is 0.588. The van der Waals surface area contributed by atoms with Gasteiger partial charge in [0.15, 0.2) is 15.8 Å². The first-order valence-electron chi connectivity index (χ1n) is 8.14. The first kappa shape index (κ1) is 23.2. The minimum Gasteiger partial charge on any atom is -0.356 e. The molecule has 7 heteroatoms. The topological polar surface area (TPSA) is 70.6 Å². The van der Waals surface area contributed by atoms with E-state index in [4.69, 9.17) is 0 Å². The summed E-state index contributed by atoms with van der Waals surface area (Å²) in [6.07, 6.45) is 6.14. The Morgan fingerprint density at radius 2 is 1.67 bits per heavy atom. The summed E-state index contributed by atoms with van der Waals surface area (Å²) in [6.45, 7) is 3.79. The normalized spacial score (nSPS) is 11.7. The second-order valence-electron chi connectivity index (χ2n) is 5.80. The first-order chi connectivity index (χ1) is 10.9. The van der Waals surface area contributed by atoms with Crippen LogP contribution < -0.4 is 10.6 Å². The molecule has 1 aromatic rings. The third-order valence-corrected chi connectivity index (χ3v) is 4.32. The molecule has 0 atom stereocenters. The maximum atomic E-state index is 11.3. The number of halogens is 1. The smallest absolute Gasteiger partial charge is 0.191 e. The average molecular weight is 467 g/mol. The minimum absolute atomic E-state index is 0. The zero-order chi connectivity index (χ0) is 17.1. The highest BCUT2D eigenvalue weighted by molar-refractivity contribution is 14.0. The number of nitrogens with zero attached hydrogens (tertiary/aromatic N) is 1. The maximum Gasteiger partial charge on any atom is 0.191 e. The van der Waals surface area contributed by atoms with E-state index < -0.39 is 9.84 Å². The fourth-order valence-electron chi connectivity index (χ4n) is 2.22. The molecule has 5 nitrogen and oxygen atoms in total. The second kappa shape index (κ2) is 12.5. The maximum absolute atomic E-state index is 11.3. The molecule has 0 bridgehead atoms. The van der Waals surface area contributed by atoms with Gasteiger partial charge in [-0.2, -0.15) is 0 Å². The molecule has 0 aliphatic rings. The van der Waals surface area contributed by atoms with Crippen LogP contribution in [0.4, 0.5) is 0 Å². The molecule has 0 unspecified atom stereocenters. The molecule has 0 spiro atoms. The van der Waals surface area contributed by atoms with Gasteiger partial charge in [-0.05, 0) is 17.5 Å². The summed E-state index contributed by atoms with van der Waals surface area (Å²) >= 11 is 0. The van der Waals surface area contributed by atoms with Gasteiger partial charge in [-0.3, -0.25) is 4.99 Å². The van der Waals surface area contributed by atoms with Gasteiger partial charge in [0.2, 0.25) is 0 Å². The first-order valence-corrected chi connectivity index (χ1v) is 10.2. The lowest BCUT2D eigenvalue weighted by molar-refractivity contribution is 0.601. The monoisotopic (exact) mass is 467 g/mol. The van der Waals surface area contributed by atoms with Crippen LogP contribution in [0.25, 0.3) is 0 Å². The number of nitrogens with one attached hydrogen (secondary N) is 2. The van der Waals surface area contributed by atoms with Gasteiger partial charge < -0.3 is 10.6 Å². The molecule has 1 rings (SSSR count). The molecule has 0 amide bonds. The zero-order valence-corrected chi connectivity index (χ0v) is 18.0. The van der Waals surface area contributed by atoms with Crippen molar-refractivity contribution in [1.29, 1.82) is 0 Å². The Balaban J connectivity index is 0.00000529. The SMILES string of the molecule is CCCCCCNC(=NC)NCc1ccc(CS(C)(=O)=O)cc1.I. The number of aliphatic imine (C=N–C) groups is 1. The highest BCUT2D eigenvalue weighted by Gasteiger charge is 2.04. The predicted octanol–water partition coefficient (Wildman–Crippen LogP) is 3.09. The van der Waals surface area contributed by atoms with Gasteiger partial charge in [-0.1, -0.05) is 50.5 Å². The summed E-state index contributed by atoms with van der Waals surface area (Å²) in [7, 11) is -1.22. The summed E-state index contributed by atoms with van der Waals surface area (Å²) in [5.41, 5.74) is 1.91. The van der Waals surface area contributed by atoms with Crippen LogP contribution >= 0.6 is 24.0 Å². The van der Waals surface area contributed by atoms with Crippen LogP contribution in [0.15, 0.2) is 29.3 Å². The lowest BCUT2D eigenvalue weighted by Crippen LogP contribution is -2.37. The Bertz CT molecular complexity index is 586. The molecule has 138 valence electrons. The van der Waals surface area contributed by atoms with Crippen molar-refractivity contribution in [3.05, 3.63) is 35.4 Å². The largest absolute Gasteiger partial charge is 0.356 e. The molecule has 2 N–H and O–H groups in total. The molecular formula is C17H30IN3O2S. The highest BCUT2D eigenvalue weighted by Crippen LogP contribution is 2.07. The van der Waals surface area contributed by atoms with E-state index in [0.29, 0.717) is 6.54 Å². The number of guanidine groups is 1. The van der Waals surface area contributed by atoms with Gasteiger partial charge in [0.05, 0.1) is 5.75 Å². The lowest BCUT2D eigenvalue weighted by atomic mass is 10.1. The van der Waals surface area contributed by atoms with Gasteiger partial charge in [-0.25, -0.2) is 8.42 Å². The predicted molar refractivity (Wildman–Crippen MR) is 113 cm³/mol. The minimum atomic E-state index is -2.98. The van der Waals surface area contributed by atoms with Gasteiger partial charge >= 0.3 is 0 Å². The van der Waals surface area contributed by atoms with Gasteiger partial charge in [0, 0.05) is 26.4 Å². The van der Waals surface area contributed by atoms with Crippen molar-refractivity contribution < 1.29 is 8.42 Å². The number of hydrogen-bond acceptors (Lipinski definition) is 3. The third-order valence-electron chi connectivity index (χ3n) is 3.46. The Morgan fingerprint density at radius 1 is 1.04 bits per heavy atom. The Kier molecular flexibility index (Phi) is 12.1. The Morgan fingerprint density at radius 3 is 2.21 bits per heavy atom. The third kappa shape index (κ3) is 10.9. The molecule has 24 heavy (non-hydrogen) atoms. The summed E-state index contributed by atoms with van der Waals surface area (Å²) in [5, 5.41) is 6.57. The van der Waals surface area contributed by atoms with Gasteiger partial charge in [-0.15, -0.1) is 24.0 Å². The summed E-state index contributed by atoms with van der Waals surface area (Å²) in [6, 6.07) is 7.61. The number of sulfone groups is 1. The van der Waals surface area contributed by atoms with Crippen LogP contribution in [-0.2, 0) is 22.1 Å². The quantitative estimate of drug-likeness (QED) is 0.254. The lowest BCUT2D eigenvalue weighted by Gasteiger charge is -2.12. The number of unbranched alkanes of at least 4 members (excludes halogenated alkanes) is 3. The molecule has 0 heterocycles. The number of benzene rings is 1. The Hall–Kier alpha value is -0.830. The van der Waals surface area contributed by atoms with E-state index in [1.54, 1.807) is 7.05 Å². The molecule has 0 saturated heterocycles. The van der Waals surface area contributed by atoms with Crippen molar-refractivity contribution in [3.8, 4) is 0 Å². The van der Waals surface area contributed by atoms with Crippen molar-refractivity contribution in [2.45, 2.75) is 44.9 Å². The van der Waals surface area contributed by atoms with Crippen molar-refractivity contribution in [1.82, 2.24) is 10.6 Å². The van der Waals surface area contributed by atoms with Crippen molar-refractivity contribution >= 4 is 39.8 Å². The van der Waals surface area contributed by atoms with E-state index in [2.05, 4.69) is 22.5 Å². The number of hydrogen-bond donors (Lipinski definition) is 2. The van der Waals surface area contributed by atoms with Gasteiger partial charge in [0.1, 0.15) is 0 Å². The molecule has 0 aromatic heterocycles. The highest BCUT2D eigenvalue weighted by atomic mass is 127. The average Bonchev–Trinajstić information content (AvgIpc) is 2.50. The molecule has 1 aromatic carbocycles. The van der Waals surface area contributed by atoms with E-state index in [-0.39, 0.29) is 29.7 Å². The van der Waals surface area contributed by atoms with E-state index >= 15 is 0 Å².